The van der Waals surface area contributed by atoms with Crippen molar-refractivity contribution in [2.75, 3.05) is 5.73 Å². The molecule has 4 nitrogen and oxygen atoms in total. The normalized spacial score (nSPS) is 11.2. The Hall–Kier alpha value is -2.10. The number of hydrogen-bond acceptors (Lipinski definition) is 3. The van der Waals surface area contributed by atoms with Gasteiger partial charge in [0.1, 0.15) is 0 Å². The lowest BCUT2D eigenvalue weighted by atomic mass is 10.1. The molecule has 1 aromatic carbocycles. The minimum absolute atomic E-state index is 0.409. The molecule has 2 aromatic rings. The van der Waals surface area contributed by atoms with Crippen molar-refractivity contribution < 1.29 is 0 Å². The molecule has 1 heterocycles. The van der Waals surface area contributed by atoms with Crippen LogP contribution in [0.25, 0.3) is 0 Å². The molecule has 0 aliphatic heterocycles. The van der Waals surface area contributed by atoms with Crippen LogP contribution in [0.5, 0.6) is 0 Å². The largest absolute Gasteiger partial charge is 0.368 e. The lowest BCUT2D eigenvalue weighted by molar-refractivity contribution is 0.896. The number of anilines is 1. The monoisotopic (exact) mass is 242 g/mol. The Labute approximate surface area is 107 Å². The molecule has 0 atom stereocenters. The molecule has 1 aromatic heterocycles. The molecule has 0 unspecified atom stereocenters. The Kier molecular flexibility index (Phi) is 3.77. The van der Waals surface area contributed by atoms with Gasteiger partial charge in [-0.3, -0.25) is 0 Å². The Morgan fingerprint density at radius 1 is 1.33 bits per heavy atom. The van der Waals surface area contributed by atoms with Crippen molar-refractivity contribution in [1.29, 1.82) is 0 Å². The van der Waals surface area contributed by atoms with Gasteiger partial charge in [0, 0.05) is 0 Å². The zero-order valence-electron chi connectivity index (χ0n) is 10.8. The maximum atomic E-state index is 5.71. The second kappa shape index (κ2) is 5.49. The fourth-order valence-corrected chi connectivity index (χ4v) is 1.78. The molecule has 0 saturated heterocycles. The molecule has 2 rings (SSSR count). The maximum absolute atomic E-state index is 5.71. The zero-order chi connectivity index (χ0) is 13.0. The Bertz CT molecular complexity index is 537. The quantitative estimate of drug-likeness (QED) is 0.838. The van der Waals surface area contributed by atoms with Crippen molar-refractivity contribution in [2.45, 2.75) is 26.7 Å². The van der Waals surface area contributed by atoms with E-state index in [1.807, 2.05) is 6.92 Å². The molecule has 0 aliphatic rings. The smallest absolute Gasteiger partial charge is 0.221 e. The highest BCUT2D eigenvalue weighted by Gasteiger charge is 1.98. The number of rotatable bonds is 4. The predicted octanol–water partition coefficient (Wildman–Crippen LogP) is 2.61. The van der Waals surface area contributed by atoms with E-state index < -0.39 is 0 Å². The van der Waals surface area contributed by atoms with Gasteiger partial charge in [0.2, 0.25) is 5.95 Å². The fraction of sp³-hybridized carbons (Fsp3) is 0.286. The van der Waals surface area contributed by atoms with Gasteiger partial charge in [-0.2, -0.15) is 5.10 Å². The van der Waals surface area contributed by atoms with E-state index in [1.54, 1.807) is 17.1 Å². The molecule has 94 valence electrons. The summed E-state index contributed by atoms with van der Waals surface area (Å²) < 4.78 is 1.58. The van der Waals surface area contributed by atoms with Gasteiger partial charge in [-0.05, 0) is 24.5 Å². The second-order valence-electron chi connectivity index (χ2n) is 4.32. The highest BCUT2D eigenvalue weighted by Crippen LogP contribution is 2.06. The van der Waals surface area contributed by atoms with Crippen molar-refractivity contribution in [3.05, 3.63) is 47.3 Å². The van der Waals surface area contributed by atoms with Crippen LogP contribution in [0.1, 0.15) is 30.2 Å². The summed E-state index contributed by atoms with van der Waals surface area (Å²) in [6, 6.07) is 8.39. The summed E-state index contributed by atoms with van der Waals surface area (Å²) in [5.41, 5.74) is 8.98. The fourth-order valence-electron chi connectivity index (χ4n) is 1.78. The minimum atomic E-state index is 0.409. The maximum Gasteiger partial charge on any atom is 0.221 e. The van der Waals surface area contributed by atoms with Gasteiger partial charge >= 0.3 is 0 Å². The minimum Gasteiger partial charge on any atom is -0.368 e. The number of hydrogen-bond donors (Lipinski definition) is 1. The first kappa shape index (κ1) is 12.4. The van der Waals surface area contributed by atoms with Gasteiger partial charge in [0.25, 0.3) is 0 Å². The molecule has 18 heavy (non-hydrogen) atoms. The molecule has 0 saturated carbocycles. The van der Waals surface area contributed by atoms with Crippen molar-refractivity contribution in [2.24, 2.45) is 5.10 Å². The Morgan fingerprint density at radius 2 is 2.06 bits per heavy atom. The van der Waals surface area contributed by atoms with E-state index in [4.69, 9.17) is 5.73 Å². The lowest BCUT2D eigenvalue weighted by Crippen LogP contribution is -1.97. The van der Waals surface area contributed by atoms with Crippen molar-refractivity contribution >= 4 is 12.2 Å². The van der Waals surface area contributed by atoms with Crippen LogP contribution in [0.15, 0.2) is 35.6 Å². The highest BCUT2D eigenvalue weighted by atomic mass is 15.4. The molecular formula is C14H18N4. The van der Waals surface area contributed by atoms with E-state index in [9.17, 15) is 0 Å². The first-order valence-corrected chi connectivity index (χ1v) is 6.14. The summed E-state index contributed by atoms with van der Waals surface area (Å²) in [5.74, 6) is 0.409. The van der Waals surface area contributed by atoms with Crippen molar-refractivity contribution in [3.8, 4) is 0 Å². The van der Waals surface area contributed by atoms with E-state index in [0.717, 1.165) is 24.1 Å². The standard InChI is InChI=1S/C14H18N4/c1-3-4-12-5-7-13(8-6-12)9-16-18-10-11(2)17-14(18)15/h5-10H,3-4H2,1-2H3,(H2,15,17). The average Bonchev–Trinajstić information content (AvgIpc) is 2.67. The van der Waals surface area contributed by atoms with Crippen LogP contribution < -0.4 is 5.73 Å². The van der Waals surface area contributed by atoms with Crippen LogP contribution >= 0.6 is 0 Å². The number of nitrogen functional groups attached to an aromatic ring is 1. The number of nitrogens with two attached hydrogens (primary N) is 1. The number of imidazole rings is 1. The summed E-state index contributed by atoms with van der Waals surface area (Å²) in [6.45, 7) is 4.07. The van der Waals surface area contributed by atoms with Gasteiger partial charge in [0.15, 0.2) is 0 Å². The van der Waals surface area contributed by atoms with Crippen LogP contribution in [0, 0.1) is 6.92 Å². The molecule has 0 fully saturated rings. The summed E-state index contributed by atoms with van der Waals surface area (Å²) in [6.07, 6.45) is 5.87. The van der Waals surface area contributed by atoms with E-state index in [-0.39, 0.29) is 0 Å². The van der Waals surface area contributed by atoms with E-state index in [1.165, 1.54) is 5.56 Å². The van der Waals surface area contributed by atoms with Gasteiger partial charge < -0.3 is 5.73 Å². The summed E-state index contributed by atoms with van der Waals surface area (Å²) in [5, 5.41) is 4.28. The number of benzene rings is 1. The van der Waals surface area contributed by atoms with Crippen LogP contribution in [0.3, 0.4) is 0 Å². The topological polar surface area (TPSA) is 56.2 Å². The second-order valence-corrected chi connectivity index (χ2v) is 4.32. The number of nitrogens with zero attached hydrogens (tertiary/aromatic N) is 3. The van der Waals surface area contributed by atoms with Crippen LogP contribution in [0.4, 0.5) is 5.95 Å². The molecule has 0 spiro atoms. The van der Waals surface area contributed by atoms with E-state index >= 15 is 0 Å². The molecule has 2 N–H and O–H groups in total. The van der Waals surface area contributed by atoms with Crippen molar-refractivity contribution in [3.63, 3.8) is 0 Å². The Morgan fingerprint density at radius 3 is 2.61 bits per heavy atom. The molecule has 0 bridgehead atoms. The number of aryl methyl sites for hydroxylation is 2. The van der Waals surface area contributed by atoms with Gasteiger partial charge in [-0.15, -0.1) is 0 Å². The Balaban J connectivity index is 2.11. The lowest BCUT2D eigenvalue weighted by Gasteiger charge is -1.99. The molecular weight excluding hydrogens is 224 g/mol. The molecule has 0 amide bonds. The van der Waals surface area contributed by atoms with Crippen LogP contribution in [-0.4, -0.2) is 15.9 Å². The molecule has 0 radical (unpaired) electrons. The van der Waals surface area contributed by atoms with Crippen LogP contribution in [0.2, 0.25) is 0 Å². The SMILES string of the molecule is CCCc1ccc(C=Nn2cc(C)nc2N)cc1. The predicted molar refractivity (Wildman–Crippen MR) is 74.8 cm³/mol. The van der Waals surface area contributed by atoms with Gasteiger partial charge in [-0.25, -0.2) is 9.66 Å². The van der Waals surface area contributed by atoms with Crippen LogP contribution in [-0.2, 0) is 6.42 Å². The third kappa shape index (κ3) is 2.97. The van der Waals surface area contributed by atoms with Gasteiger partial charge in [0.05, 0.1) is 18.1 Å². The highest BCUT2D eigenvalue weighted by molar-refractivity contribution is 5.79. The van der Waals surface area contributed by atoms with Gasteiger partial charge in [-0.1, -0.05) is 37.6 Å². The summed E-state index contributed by atoms with van der Waals surface area (Å²) in [4.78, 5) is 4.09. The zero-order valence-corrected chi connectivity index (χ0v) is 10.8. The third-order valence-corrected chi connectivity index (χ3v) is 2.68. The number of aromatic nitrogens is 2. The van der Waals surface area contributed by atoms with E-state index in [2.05, 4.69) is 41.3 Å². The summed E-state index contributed by atoms with van der Waals surface area (Å²) in [7, 11) is 0. The van der Waals surface area contributed by atoms with E-state index in [0.29, 0.717) is 5.95 Å². The summed E-state index contributed by atoms with van der Waals surface area (Å²) >= 11 is 0. The third-order valence-electron chi connectivity index (χ3n) is 2.68. The molecule has 4 heteroatoms. The molecule has 0 aliphatic carbocycles. The average molecular weight is 242 g/mol. The first-order chi connectivity index (χ1) is 8.69. The first-order valence-electron chi connectivity index (χ1n) is 6.14. The van der Waals surface area contributed by atoms with Crippen molar-refractivity contribution in [1.82, 2.24) is 9.66 Å².